The number of alkyl halides is 1. The number of aromatic nitrogens is 2. The predicted molar refractivity (Wildman–Crippen MR) is 240 cm³/mol. The third kappa shape index (κ3) is 10.3. The fourth-order valence-corrected chi connectivity index (χ4v) is 9.73. The summed E-state index contributed by atoms with van der Waals surface area (Å²) >= 11 is 6.99. The molecule has 0 aliphatic carbocycles. The van der Waals surface area contributed by atoms with Gasteiger partial charge >= 0.3 is 17.9 Å². The highest BCUT2D eigenvalue weighted by molar-refractivity contribution is 9.10. The molecule has 2 aromatic heterocycles. The number of benzene rings is 2. The smallest absolute Gasteiger partial charge is 0.410 e. The molecule has 17 heteroatoms. The van der Waals surface area contributed by atoms with Gasteiger partial charge in [-0.2, -0.15) is 0 Å². The number of halogens is 3. The highest BCUT2D eigenvalue weighted by Gasteiger charge is 2.46. The van der Waals surface area contributed by atoms with Crippen molar-refractivity contribution in [1.29, 1.82) is 0 Å². The largest absolute Gasteiger partial charge is 0.444 e. The van der Waals surface area contributed by atoms with Crippen LogP contribution in [0.2, 0.25) is 0 Å². The summed E-state index contributed by atoms with van der Waals surface area (Å²) in [5.74, 6) is 0. The van der Waals surface area contributed by atoms with Gasteiger partial charge in [0, 0.05) is 56.0 Å². The zero-order valence-corrected chi connectivity index (χ0v) is 38.0. The zero-order chi connectivity index (χ0) is 44.4. The number of nitro groups is 1. The molecule has 4 atom stereocenters. The fourth-order valence-electron chi connectivity index (χ4n) is 9.01. The summed E-state index contributed by atoms with van der Waals surface area (Å²) in [5.41, 5.74) is 8.89. The maximum absolute atomic E-state index is 12.7. The van der Waals surface area contributed by atoms with Gasteiger partial charge < -0.3 is 35.6 Å². The normalized spacial score (nSPS) is 23.4. The van der Waals surface area contributed by atoms with Crippen molar-refractivity contribution in [3.05, 3.63) is 67.9 Å². The van der Waals surface area contributed by atoms with Crippen LogP contribution in [0.3, 0.4) is 0 Å². The summed E-state index contributed by atoms with van der Waals surface area (Å²) in [6.45, 7) is 11.3. The quantitative estimate of drug-likeness (QED) is 0.128. The van der Waals surface area contributed by atoms with Crippen molar-refractivity contribution in [2.45, 2.75) is 140 Å². The zero-order valence-electron chi connectivity index (χ0n) is 35.8. The molecule has 6 heterocycles. The lowest BCUT2D eigenvalue weighted by Crippen LogP contribution is -2.51. The number of carbonyl (C=O) groups excluding carboxylic acids is 2. The molecular weight excluding hydrogens is 903 g/mol. The Bertz CT molecular complexity index is 2230. The molecule has 60 heavy (non-hydrogen) atoms. The van der Waals surface area contributed by atoms with Gasteiger partial charge in [-0.1, -0.05) is 31.9 Å². The minimum atomic E-state index is -1.00. The number of nitrogens with one attached hydrogen (secondary N) is 2. The SMILES string of the molecule is CC(C)(C)OC(=O)N1C2CCC1CC(Nc1c(N)cnc3ccc(Br)cc13)C2.CC(C)(C)OC(=O)N1C2CCC1CC(Nc1c([N+](=O)[O-])cnc3ccc(Br)cc13)C2.[2H]CF. The predicted octanol–water partition coefficient (Wildman–Crippen LogP) is 10.8. The Morgan fingerprint density at radius 3 is 1.57 bits per heavy atom. The molecular formula is C43H55Br2FN8O6. The van der Waals surface area contributed by atoms with E-state index in [1.165, 1.54) is 6.20 Å². The summed E-state index contributed by atoms with van der Waals surface area (Å²) in [5, 5.41) is 20.5. The third-order valence-corrected chi connectivity index (χ3v) is 12.2. The van der Waals surface area contributed by atoms with Crippen LogP contribution in [0.1, 0.15) is 94.3 Å². The van der Waals surface area contributed by atoms with E-state index in [0.29, 0.717) is 22.3 Å². The lowest BCUT2D eigenvalue weighted by atomic mass is 9.97. The van der Waals surface area contributed by atoms with Crippen LogP contribution < -0.4 is 16.4 Å². The van der Waals surface area contributed by atoms with Crippen molar-refractivity contribution in [2.75, 3.05) is 23.5 Å². The Kier molecular flexibility index (Phi) is 13.2. The Morgan fingerprint density at radius 1 is 0.783 bits per heavy atom. The topological polar surface area (TPSA) is 178 Å². The van der Waals surface area contributed by atoms with Crippen LogP contribution in [-0.2, 0) is 9.47 Å². The minimum absolute atomic E-state index is 0.0319. The molecule has 4 unspecified atom stereocenters. The molecule has 0 spiro atoms. The number of rotatable bonds is 5. The first-order valence-electron chi connectivity index (χ1n) is 20.9. The van der Waals surface area contributed by atoms with E-state index in [2.05, 4.69) is 52.5 Å². The van der Waals surface area contributed by atoms with Crippen molar-refractivity contribution >= 4 is 88.6 Å². The minimum Gasteiger partial charge on any atom is -0.444 e. The number of fused-ring (bicyclic) bond motifs is 6. The molecule has 4 aliphatic heterocycles. The maximum atomic E-state index is 12.7. The average Bonchev–Trinajstić information content (AvgIpc) is 3.60. The average molecular weight is 960 g/mol. The number of pyridine rings is 2. The molecule has 4 bridgehead atoms. The van der Waals surface area contributed by atoms with E-state index < -0.39 is 23.3 Å². The summed E-state index contributed by atoms with van der Waals surface area (Å²) in [6, 6.07) is 12.5. The first-order valence-corrected chi connectivity index (χ1v) is 21.8. The van der Waals surface area contributed by atoms with Crippen LogP contribution in [0.25, 0.3) is 21.8 Å². The summed E-state index contributed by atoms with van der Waals surface area (Å²) < 4.78 is 28.6. The molecule has 4 saturated heterocycles. The van der Waals surface area contributed by atoms with Gasteiger partial charge in [-0.3, -0.25) is 19.5 Å². The number of hydrogen-bond donors (Lipinski definition) is 3. The summed E-state index contributed by atoms with van der Waals surface area (Å²) in [7, 11) is -1.00. The number of nitrogen functional groups attached to an aromatic ring is 1. The second-order valence-corrected chi connectivity index (χ2v) is 19.7. The van der Waals surface area contributed by atoms with E-state index in [9.17, 15) is 24.1 Å². The summed E-state index contributed by atoms with van der Waals surface area (Å²) in [4.78, 5) is 49.1. The number of carbonyl (C=O) groups is 2. The molecule has 4 aliphatic rings. The van der Waals surface area contributed by atoms with Crippen molar-refractivity contribution < 1.29 is 29.7 Å². The number of ether oxygens (including phenoxy) is 2. The molecule has 8 rings (SSSR count). The van der Waals surface area contributed by atoms with Gasteiger partial charge in [-0.05, 0) is 129 Å². The molecule has 2 aromatic carbocycles. The van der Waals surface area contributed by atoms with Crippen molar-refractivity contribution in [2.24, 2.45) is 0 Å². The summed E-state index contributed by atoms with van der Waals surface area (Å²) in [6.07, 6.45) is 9.72. The lowest BCUT2D eigenvalue weighted by molar-refractivity contribution is -0.384. The molecule has 14 nitrogen and oxygen atoms in total. The van der Waals surface area contributed by atoms with Crippen LogP contribution in [-0.4, -0.2) is 91.5 Å². The third-order valence-electron chi connectivity index (χ3n) is 11.2. The van der Waals surface area contributed by atoms with Gasteiger partial charge in [0.25, 0.3) is 0 Å². The fraction of sp³-hybridized carbons (Fsp3) is 0.535. The molecule has 4 aromatic rings. The monoisotopic (exact) mass is 957 g/mol. The van der Waals surface area contributed by atoms with Gasteiger partial charge in [-0.25, -0.2) is 14.6 Å². The van der Waals surface area contributed by atoms with Crippen molar-refractivity contribution in [3.63, 3.8) is 0 Å². The number of nitrogens with two attached hydrogens (primary N) is 1. The van der Waals surface area contributed by atoms with E-state index in [4.69, 9.17) is 16.6 Å². The molecule has 2 amide bonds. The second-order valence-electron chi connectivity index (χ2n) is 17.9. The number of nitrogens with zero attached hydrogens (tertiary/aromatic N) is 5. The standard InChI is InChI=1S/C21H25BrN4O4.C21H27BrN4O2.CH3F/c1-21(2,3)30-20(27)25-14-5-6-15(25)10-13(9-14)24-19-16-8-12(22)4-7-17(16)23-11-18(19)26(28)29;1-21(2,3)28-20(27)26-14-5-6-15(26)10-13(9-14)25-19-16-8-12(22)4-7-18(16)24-11-17(19)23;1-2/h4,7-8,11,13-15H,5-6,9-10H2,1-3H3,(H,23,24);4,7-8,11,13-15H,5-6,9-10,23H2,1-3H3,(H,24,25);1H3/i;;1D. The van der Waals surface area contributed by atoms with E-state index in [0.717, 1.165) is 76.9 Å². The lowest BCUT2D eigenvalue weighted by Gasteiger charge is -2.40. The van der Waals surface area contributed by atoms with Crippen LogP contribution in [0.5, 0.6) is 0 Å². The Balaban J connectivity index is 0.000000192. The first kappa shape index (κ1) is 43.6. The molecule has 324 valence electrons. The van der Waals surface area contributed by atoms with E-state index in [1.807, 2.05) is 87.7 Å². The van der Waals surface area contributed by atoms with Crippen molar-refractivity contribution in [1.82, 2.24) is 19.8 Å². The van der Waals surface area contributed by atoms with Gasteiger partial charge in [0.15, 0.2) is 0 Å². The molecule has 4 N–H and O–H groups in total. The van der Waals surface area contributed by atoms with Crippen molar-refractivity contribution in [3.8, 4) is 0 Å². The molecule has 4 fully saturated rings. The van der Waals surface area contributed by atoms with Gasteiger partial charge in [0.05, 0.1) is 42.1 Å². The van der Waals surface area contributed by atoms with E-state index in [1.54, 1.807) is 6.20 Å². The van der Waals surface area contributed by atoms with Crippen LogP contribution >= 0.6 is 31.9 Å². The van der Waals surface area contributed by atoms with Crippen LogP contribution in [0, 0.1) is 10.1 Å². The second kappa shape index (κ2) is 18.2. The number of amides is 2. The highest BCUT2D eigenvalue weighted by atomic mass is 79.9. The Labute approximate surface area is 368 Å². The Hall–Kier alpha value is -4.51. The van der Waals surface area contributed by atoms with E-state index >= 15 is 0 Å². The van der Waals surface area contributed by atoms with Gasteiger partial charge in [-0.15, -0.1) is 0 Å². The number of piperidine rings is 2. The first-order chi connectivity index (χ1) is 28.7. The maximum Gasteiger partial charge on any atom is 0.410 e. The molecule has 0 radical (unpaired) electrons. The molecule has 0 saturated carbocycles. The van der Waals surface area contributed by atoms with Gasteiger partial charge in [0.2, 0.25) is 0 Å². The highest BCUT2D eigenvalue weighted by Crippen LogP contribution is 2.42. The van der Waals surface area contributed by atoms with Crippen LogP contribution in [0.15, 0.2) is 57.7 Å². The Morgan fingerprint density at radius 2 is 1.17 bits per heavy atom. The number of hydrogen-bond acceptors (Lipinski definition) is 11. The number of anilines is 3. The van der Waals surface area contributed by atoms with E-state index in [-0.39, 0.29) is 54.1 Å². The van der Waals surface area contributed by atoms with Gasteiger partial charge in [0.1, 0.15) is 23.1 Å². The van der Waals surface area contributed by atoms with Crippen LogP contribution in [0.4, 0.5) is 36.7 Å².